The molecule has 1 heterocycles. The third-order valence-electron chi connectivity index (χ3n) is 2.98. The number of aromatic nitrogens is 1. The molecule has 1 rings (SSSR count). The molecular formula is C16H21NO2. The zero-order valence-corrected chi connectivity index (χ0v) is 11.7. The van der Waals surface area contributed by atoms with E-state index in [4.69, 9.17) is 0 Å². The molecule has 3 heteroatoms. The van der Waals surface area contributed by atoms with Crippen molar-refractivity contribution in [3.8, 4) is 0 Å². The summed E-state index contributed by atoms with van der Waals surface area (Å²) in [6.07, 6.45) is 4.66. The quantitative estimate of drug-likeness (QED) is 0.720. The van der Waals surface area contributed by atoms with Crippen LogP contribution in [0.5, 0.6) is 0 Å². The largest absolute Gasteiger partial charge is 0.300 e. The second-order valence-electron chi connectivity index (χ2n) is 4.68. The van der Waals surface area contributed by atoms with Gasteiger partial charge in [0.2, 0.25) is 0 Å². The molecule has 1 aromatic heterocycles. The number of carbonyl (C=O) groups excluding carboxylic acids is 2. The molecule has 19 heavy (non-hydrogen) atoms. The summed E-state index contributed by atoms with van der Waals surface area (Å²) < 4.78 is 0. The Bertz CT molecular complexity index is 478. The Labute approximate surface area is 114 Å². The van der Waals surface area contributed by atoms with Crippen LogP contribution in [0.2, 0.25) is 0 Å². The van der Waals surface area contributed by atoms with Crippen molar-refractivity contribution in [2.75, 3.05) is 0 Å². The molecule has 3 nitrogen and oxygen atoms in total. The van der Waals surface area contributed by atoms with Crippen LogP contribution in [-0.4, -0.2) is 16.6 Å². The molecule has 0 aliphatic carbocycles. The number of Topliss-reactive ketones (excluding diaryl/α,β-unsaturated/α-hetero) is 2. The van der Waals surface area contributed by atoms with Crippen LogP contribution < -0.4 is 0 Å². The lowest BCUT2D eigenvalue weighted by molar-refractivity contribution is -0.119. The van der Waals surface area contributed by atoms with Crippen molar-refractivity contribution in [3.63, 3.8) is 0 Å². The number of hydrogen-bond donors (Lipinski definition) is 0. The normalized spacial score (nSPS) is 10.2. The predicted molar refractivity (Wildman–Crippen MR) is 76.9 cm³/mol. The minimum absolute atomic E-state index is 0.161. The number of carbonyl (C=O) groups is 2. The van der Waals surface area contributed by atoms with Crippen LogP contribution in [0.1, 0.15) is 50.1 Å². The highest BCUT2D eigenvalue weighted by Gasteiger charge is 2.05. The van der Waals surface area contributed by atoms with Crippen molar-refractivity contribution in [1.82, 2.24) is 4.98 Å². The number of hydrogen-bond acceptors (Lipinski definition) is 3. The fourth-order valence-electron chi connectivity index (χ4n) is 1.80. The van der Waals surface area contributed by atoms with Gasteiger partial charge in [0, 0.05) is 30.7 Å². The lowest BCUT2D eigenvalue weighted by atomic mass is 10.1. The SMILES string of the molecule is C=Cc1cc(CCC(C)=O)nc(CCC(=O)CC)c1. The van der Waals surface area contributed by atoms with Gasteiger partial charge in [-0.25, -0.2) is 0 Å². The van der Waals surface area contributed by atoms with Crippen LogP contribution >= 0.6 is 0 Å². The van der Waals surface area contributed by atoms with E-state index in [1.807, 2.05) is 19.1 Å². The maximum absolute atomic E-state index is 11.3. The summed E-state index contributed by atoms with van der Waals surface area (Å²) in [5, 5.41) is 0. The molecular weight excluding hydrogens is 238 g/mol. The summed E-state index contributed by atoms with van der Waals surface area (Å²) in [7, 11) is 0. The summed E-state index contributed by atoms with van der Waals surface area (Å²) in [5.74, 6) is 0.407. The summed E-state index contributed by atoms with van der Waals surface area (Å²) in [5.41, 5.74) is 2.79. The molecule has 0 bridgehead atoms. The first-order valence-electron chi connectivity index (χ1n) is 6.68. The standard InChI is InChI=1S/C16H21NO2/c1-4-13-10-14(7-6-12(3)18)17-15(11-13)8-9-16(19)5-2/h4,10-11H,1,5-9H2,2-3H3. The average molecular weight is 259 g/mol. The molecule has 0 aromatic carbocycles. The molecule has 0 unspecified atom stereocenters. The zero-order chi connectivity index (χ0) is 14.3. The van der Waals surface area contributed by atoms with E-state index in [1.54, 1.807) is 13.0 Å². The molecule has 0 spiro atoms. The number of aryl methyl sites for hydroxylation is 2. The highest BCUT2D eigenvalue weighted by atomic mass is 16.1. The highest BCUT2D eigenvalue weighted by molar-refractivity contribution is 5.78. The second-order valence-corrected chi connectivity index (χ2v) is 4.68. The number of pyridine rings is 1. The van der Waals surface area contributed by atoms with E-state index in [0.717, 1.165) is 17.0 Å². The maximum atomic E-state index is 11.3. The monoisotopic (exact) mass is 259 g/mol. The molecule has 0 saturated carbocycles. The van der Waals surface area contributed by atoms with E-state index in [1.165, 1.54) is 0 Å². The fourth-order valence-corrected chi connectivity index (χ4v) is 1.80. The third-order valence-corrected chi connectivity index (χ3v) is 2.98. The Morgan fingerprint density at radius 2 is 1.79 bits per heavy atom. The van der Waals surface area contributed by atoms with Crippen LogP contribution in [0.4, 0.5) is 0 Å². The summed E-state index contributed by atoms with van der Waals surface area (Å²) in [6.45, 7) is 7.21. The molecule has 0 atom stereocenters. The zero-order valence-electron chi connectivity index (χ0n) is 11.7. The second kappa shape index (κ2) is 7.62. The molecule has 0 radical (unpaired) electrons. The van der Waals surface area contributed by atoms with Crippen LogP contribution in [-0.2, 0) is 22.4 Å². The Balaban J connectivity index is 2.79. The molecule has 0 amide bonds. The number of nitrogens with zero attached hydrogens (tertiary/aromatic N) is 1. The Hall–Kier alpha value is -1.77. The predicted octanol–water partition coefficient (Wildman–Crippen LogP) is 3.16. The fraction of sp³-hybridized carbons (Fsp3) is 0.438. The van der Waals surface area contributed by atoms with E-state index < -0.39 is 0 Å². The van der Waals surface area contributed by atoms with Crippen LogP contribution in [0.3, 0.4) is 0 Å². The lowest BCUT2D eigenvalue weighted by Gasteiger charge is -2.06. The summed E-state index contributed by atoms with van der Waals surface area (Å²) in [4.78, 5) is 26.9. The van der Waals surface area contributed by atoms with Crippen LogP contribution in [0, 0.1) is 0 Å². The Morgan fingerprint density at radius 1 is 1.21 bits per heavy atom. The topological polar surface area (TPSA) is 47.0 Å². The van der Waals surface area contributed by atoms with Gasteiger partial charge < -0.3 is 4.79 Å². The van der Waals surface area contributed by atoms with E-state index >= 15 is 0 Å². The highest BCUT2D eigenvalue weighted by Crippen LogP contribution is 2.12. The first-order chi connectivity index (χ1) is 9.05. The van der Waals surface area contributed by atoms with Gasteiger partial charge in [-0.2, -0.15) is 0 Å². The molecule has 0 N–H and O–H groups in total. The van der Waals surface area contributed by atoms with Crippen molar-refractivity contribution in [3.05, 3.63) is 35.7 Å². The lowest BCUT2D eigenvalue weighted by Crippen LogP contribution is -2.03. The minimum atomic E-state index is 0.161. The number of ketones is 2. The van der Waals surface area contributed by atoms with E-state index in [9.17, 15) is 9.59 Å². The van der Waals surface area contributed by atoms with Crippen molar-refractivity contribution >= 4 is 17.6 Å². The molecule has 0 fully saturated rings. The smallest absolute Gasteiger partial charge is 0.133 e. The average Bonchev–Trinajstić information content (AvgIpc) is 2.42. The van der Waals surface area contributed by atoms with Crippen molar-refractivity contribution in [2.45, 2.75) is 46.0 Å². The van der Waals surface area contributed by atoms with E-state index in [0.29, 0.717) is 32.1 Å². The molecule has 1 aromatic rings. The van der Waals surface area contributed by atoms with E-state index in [2.05, 4.69) is 11.6 Å². The van der Waals surface area contributed by atoms with Gasteiger partial charge in [0.1, 0.15) is 11.6 Å². The van der Waals surface area contributed by atoms with Crippen molar-refractivity contribution in [2.24, 2.45) is 0 Å². The van der Waals surface area contributed by atoms with Gasteiger partial charge in [-0.3, -0.25) is 9.78 Å². The van der Waals surface area contributed by atoms with Gasteiger partial charge in [0.05, 0.1) is 0 Å². The third kappa shape index (κ3) is 5.60. The Kier molecular flexibility index (Phi) is 6.13. The van der Waals surface area contributed by atoms with Gasteiger partial charge in [0.25, 0.3) is 0 Å². The van der Waals surface area contributed by atoms with Crippen molar-refractivity contribution in [1.29, 1.82) is 0 Å². The molecule has 0 aliphatic heterocycles. The first-order valence-corrected chi connectivity index (χ1v) is 6.68. The van der Waals surface area contributed by atoms with Crippen LogP contribution in [0.25, 0.3) is 6.08 Å². The Morgan fingerprint density at radius 3 is 2.26 bits per heavy atom. The summed E-state index contributed by atoms with van der Waals surface area (Å²) in [6, 6.07) is 3.90. The van der Waals surface area contributed by atoms with Gasteiger partial charge in [-0.05, 0) is 37.5 Å². The minimum Gasteiger partial charge on any atom is -0.300 e. The summed E-state index contributed by atoms with van der Waals surface area (Å²) >= 11 is 0. The van der Waals surface area contributed by atoms with Crippen LogP contribution in [0.15, 0.2) is 18.7 Å². The first kappa shape index (κ1) is 15.3. The van der Waals surface area contributed by atoms with Crippen molar-refractivity contribution < 1.29 is 9.59 Å². The molecule has 0 aliphatic rings. The van der Waals surface area contributed by atoms with E-state index in [-0.39, 0.29) is 11.6 Å². The van der Waals surface area contributed by atoms with Gasteiger partial charge in [-0.1, -0.05) is 19.6 Å². The maximum Gasteiger partial charge on any atom is 0.133 e. The number of rotatable bonds is 8. The molecule has 102 valence electrons. The van der Waals surface area contributed by atoms with Gasteiger partial charge in [-0.15, -0.1) is 0 Å². The van der Waals surface area contributed by atoms with Gasteiger partial charge in [0.15, 0.2) is 0 Å². The van der Waals surface area contributed by atoms with Gasteiger partial charge >= 0.3 is 0 Å². The molecule has 0 saturated heterocycles.